The molecule has 0 aliphatic rings. The standard InChI is InChI=1S/C22H18Cl2FNO3/c1-12(2)29-21-10-14(23)4-6-16(21)19-8-7-17(22(27)28)20(26-19)9-13-3-5-15(25)11-18(13)24/h3-8,10-12H,9H2,1-2H3,(H,27,28). The topological polar surface area (TPSA) is 59.4 Å². The van der Waals surface area contributed by atoms with E-state index in [4.69, 9.17) is 27.9 Å². The lowest BCUT2D eigenvalue weighted by atomic mass is 10.0. The average molecular weight is 434 g/mol. The highest BCUT2D eigenvalue weighted by molar-refractivity contribution is 6.31. The van der Waals surface area contributed by atoms with Gasteiger partial charge in [-0.3, -0.25) is 4.98 Å². The molecule has 3 aromatic rings. The Bertz CT molecular complexity index is 1070. The van der Waals surface area contributed by atoms with Crippen LogP contribution in [-0.2, 0) is 6.42 Å². The molecule has 3 rings (SSSR count). The summed E-state index contributed by atoms with van der Waals surface area (Å²) in [5, 5.41) is 10.3. The fourth-order valence-corrected chi connectivity index (χ4v) is 3.28. The van der Waals surface area contributed by atoms with Crippen molar-refractivity contribution in [3.8, 4) is 17.0 Å². The van der Waals surface area contributed by atoms with Gasteiger partial charge in [0, 0.05) is 22.0 Å². The van der Waals surface area contributed by atoms with Gasteiger partial charge in [0.15, 0.2) is 0 Å². The van der Waals surface area contributed by atoms with E-state index in [9.17, 15) is 14.3 Å². The normalized spacial score (nSPS) is 11.0. The third kappa shape index (κ3) is 5.05. The van der Waals surface area contributed by atoms with Crippen molar-refractivity contribution >= 4 is 29.2 Å². The molecule has 4 nitrogen and oxygen atoms in total. The van der Waals surface area contributed by atoms with Gasteiger partial charge in [-0.15, -0.1) is 0 Å². The first-order valence-electron chi connectivity index (χ1n) is 8.88. The van der Waals surface area contributed by atoms with Crippen molar-refractivity contribution in [2.45, 2.75) is 26.4 Å². The largest absolute Gasteiger partial charge is 0.490 e. The maximum atomic E-state index is 13.3. The maximum absolute atomic E-state index is 13.3. The zero-order valence-corrected chi connectivity index (χ0v) is 17.3. The second-order valence-electron chi connectivity index (χ2n) is 6.72. The highest BCUT2D eigenvalue weighted by Gasteiger charge is 2.17. The molecule has 0 fully saturated rings. The molecular weight excluding hydrogens is 416 g/mol. The lowest BCUT2D eigenvalue weighted by Crippen LogP contribution is -2.09. The van der Waals surface area contributed by atoms with Gasteiger partial charge in [0.25, 0.3) is 0 Å². The maximum Gasteiger partial charge on any atom is 0.337 e. The summed E-state index contributed by atoms with van der Waals surface area (Å²) in [5.74, 6) is -1.02. The Hall–Kier alpha value is -2.63. The van der Waals surface area contributed by atoms with E-state index in [1.165, 1.54) is 24.3 Å². The molecule has 0 saturated heterocycles. The molecule has 0 aliphatic heterocycles. The number of rotatable bonds is 6. The molecule has 0 aliphatic carbocycles. The minimum absolute atomic E-state index is 0.0504. The van der Waals surface area contributed by atoms with Gasteiger partial charge in [0.1, 0.15) is 11.6 Å². The quantitative estimate of drug-likeness (QED) is 0.497. The molecule has 7 heteroatoms. The highest BCUT2D eigenvalue weighted by Crippen LogP contribution is 2.33. The van der Waals surface area contributed by atoms with Crippen LogP contribution in [0.1, 0.15) is 35.5 Å². The van der Waals surface area contributed by atoms with Gasteiger partial charge in [-0.05, 0) is 61.9 Å². The lowest BCUT2D eigenvalue weighted by Gasteiger charge is -2.16. The fourth-order valence-electron chi connectivity index (χ4n) is 2.89. The Morgan fingerprint density at radius 1 is 1.14 bits per heavy atom. The molecule has 0 radical (unpaired) electrons. The van der Waals surface area contributed by atoms with Gasteiger partial charge >= 0.3 is 5.97 Å². The van der Waals surface area contributed by atoms with E-state index in [-0.39, 0.29) is 23.1 Å². The zero-order valence-electron chi connectivity index (χ0n) is 15.7. The van der Waals surface area contributed by atoms with Crippen molar-refractivity contribution in [1.29, 1.82) is 0 Å². The number of pyridine rings is 1. The average Bonchev–Trinajstić information content (AvgIpc) is 2.63. The molecule has 0 spiro atoms. The summed E-state index contributed by atoms with van der Waals surface area (Å²) in [6, 6.07) is 12.3. The van der Waals surface area contributed by atoms with Crippen molar-refractivity contribution in [1.82, 2.24) is 4.98 Å². The predicted octanol–water partition coefficient (Wildman–Crippen LogP) is 6.27. The van der Waals surface area contributed by atoms with Gasteiger partial charge in [-0.25, -0.2) is 9.18 Å². The van der Waals surface area contributed by atoms with Crippen LogP contribution in [0.3, 0.4) is 0 Å². The van der Waals surface area contributed by atoms with E-state index in [1.54, 1.807) is 24.3 Å². The zero-order chi connectivity index (χ0) is 21.1. The van der Waals surface area contributed by atoms with E-state index in [2.05, 4.69) is 4.98 Å². The molecule has 150 valence electrons. The summed E-state index contributed by atoms with van der Waals surface area (Å²) < 4.78 is 19.2. The second-order valence-corrected chi connectivity index (χ2v) is 7.56. The molecular formula is C22H18Cl2FNO3. The lowest BCUT2D eigenvalue weighted by molar-refractivity contribution is 0.0695. The Balaban J connectivity index is 2.09. The molecule has 0 atom stereocenters. The van der Waals surface area contributed by atoms with Crippen LogP contribution in [0.15, 0.2) is 48.5 Å². The molecule has 1 heterocycles. The monoisotopic (exact) mass is 433 g/mol. The van der Waals surface area contributed by atoms with E-state index in [0.717, 1.165) is 0 Å². The number of hydrogen-bond donors (Lipinski definition) is 1. The number of nitrogens with zero attached hydrogens (tertiary/aromatic N) is 1. The Kier molecular flexibility index (Phi) is 6.40. The van der Waals surface area contributed by atoms with E-state index >= 15 is 0 Å². The Morgan fingerprint density at radius 3 is 2.55 bits per heavy atom. The van der Waals surface area contributed by atoms with E-state index in [0.29, 0.717) is 33.3 Å². The number of aromatic carboxylic acids is 1. The number of carbonyl (C=O) groups is 1. The molecule has 2 aromatic carbocycles. The first kappa shape index (κ1) is 21.1. The van der Waals surface area contributed by atoms with Crippen molar-refractivity contribution in [2.24, 2.45) is 0 Å². The summed E-state index contributed by atoms with van der Waals surface area (Å²) in [6.07, 6.45) is 0.0609. The number of aromatic nitrogens is 1. The van der Waals surface area contributed by atoms with Crippen molar-refractivity contribution in [3.63, 3.8) is 0 Å². The molecule has 0 saturated carbocycles. The number of halogens is 3. The first-order chi connectivity index (χ1) is 13.7. The van der Waals surface area contributed by atoms with Gasteiger partial charge < -0.3 is 9.84 Å². The third-order valence-electron chi connectivity index (χ3n) is 4.16. The number of benzene rings is 2. The molecule has 0 bridgehead atoms. The van der Waals surface area contributed by atoms with E-state index in [1.807, 2.05) is 13.8 Å². The molecule has 0 unspecified atom stereocenters. The summed E-state index contributed by atoms with van der Waals surface area (Å²) in [5.41, 5.74) is 2.17. The van der Waals surface area contributed by atoms with Gasteiger partial charge in [-0.1, -0.05) is 29.3 Å². The summed E-state index contributed by atoms with van der Waals surface area (Å²) in [4.78, 5) is 16.2. The number of carboxylic acid groups (broad SMARTS) is 1. The second kappa shape index (κ2) is 8.80. The van der Waals surface area contributed by atoms with Crippen LogP contribution in [0.25, 0.3) is 11.3 Å². The Labute approximate surface area is 177 Å². The number of carboxylic acids is 1. The number of ether oxygens (including phenoxy) is 1. The van der Waals surface area contributed by atoms with E-state index < -0.39 is 11.8 Å². The third-order valence-corrected chi connectivity index (χ3v) is 4.75. The number of hydrogen-bond acceptors (Lipinski definition) is 3. The first-order valence-corrected chi connectivity index (χ1v) is 9.64. The van der Waals surface area contributed by atoms with Gasteiger partial charge in [0.05, 0.1) is 23.1 Å². The minimum Gasteiger partial charge on any atom is -0.490 e. The SMILES string of the molecule is CC(C)Oc1cc(Cl)ccc1-c1ccc(C(=O)O)c(Cc2ccc(F)cc2Cl)n1. The van der Waals surface area contributed by atoms with Crippen LogP contribution < -0.4 is 4.74 Å². The smallest absolute Gasteiger partial charge is 0.337 e. The molecule has 1 aromatic heterocycles. The van der Waals surface area contributed by atoms with Crippen LogP contribution in [0.4, 0.5) is 4.39 Å². The van der Waals surface area contributed by atoms with Crippen LogP contribution in [0, 0.1) is 5.82 Å². The summed E-state index contributed by atoms with van der Waals surface area (Å²) in [6.45, 7) is 3.79. The van der Waals surface area contributed by atoms with Crippen molar-refractivity contribution in [3.05, 3.63) is 81.2 Å². The molecule has 1 N–H and O–H groups in total. The van der Waals surface area contributed by atoms with Crippen LogP contribution in [-0.4, -0.2) is 22.2 Å². The van der Waals surface area contributed by atoms with Crippen molar-refractivity contribution in [2.75, 3.05) is 0 Å². The summed E-state index contributed by atoms with van der Waals surface area (Å²) in [7, 11) is 0. The summed E-state index contributed by atoms with van der Waals surface area (Å²) >= 11 is 12.2. The van der Waals surface area contributed by atoms with Crippen molar-refractivity contribution < 1.29 is 19.0 Å². The minimum atomic E-state index is -1.10. The molecule has 0 amide bonds. The highest BCUT2D eigenvalue weighted by atomic mass is 35.5. The molecule has 29 heavy (non-hydrogen) atoms. The Morgan fingerprint density at radius 2 is 1.90 bits per heavy atom. The predicted molar refractivity (Wildman–Crippen MR) is 112 cm³/mol. The van der Waals surface area contributed by atoms with Gasteiger partial charge in [-0.2, -0.15) is 0 Å². The van der Waals surface area contributed by atoms with Crippen LogP contribution >= 0.6 is 23.2 Å². The fraction of sp³-hybridized carbons (Fsp3) is 0.182. The van der Waals surface area contributed by atoms with Crippen LogP contribution in [0.5, 0.6) is 5.75 Å². The van der Waals surface area contributed by atoms with Gasteiger partial charge in [0.2, 0.25) is 0 Å². The van der Waals surface area contributed by atoms with Crippen LogP contribution in [0.2, 0.25) is 10.0 Å².